The maximum Gasteiger partial charge on any atom is 0.269 e. The Kier molecular flexibility index (Phi) is 5.12. The second-order valence-electron chi connectivity index (χ2n) is 5.96. The summed E-state index contributed by atoms with van der Waals surface area (Å²) in [5.41, 5.74) is 1.42. The molecule has 0 unspecified atom stereocenters. The molecule has 2 N–H and O–H groups in total. The maximum atomic E-state index is 12.2. The van der Waals surface area contributed by atoms with E-state index in [0.717, 1.165) is 0 Å². The van der Waals surface area contributed by atoms with E-state index in [2.05, 4.69) is 20.4 Å². The number of nitro benzene ring substituents is 1. The molecule has 0 saturated carbocycles. The molecule has 0 fully saturated rings. The van der Waals surface area contributed by atoms with Crippen molar-refractivity contribution in [1.82, 2.24) is 19.7 Å². The van der Waals surface area contributed by atoms with Crippen LogP contribution in [0.3, 0.4) is 0 Å². The first-order valence-corrected chi connectivity index (χ1v) is 8.20. The lowest BCUT2D eigenvalue weighted by molar-refractivity contribution is -0.384. The number of non-ortho nitro benzene ring substituents is 1. The predicted molar refractivity (Wildman–Crippen MR) is 102 cm³/mol. The van der Waals surface area contributed by atoms with Crippen LogP contribution >= 0.6 is 0 Å². The number of anilines is 1. The lowest BCUT2D eigenvalue weighted by Gasteiger charge is -2.07. The van der Waals surface area contributed by atoms with Crippen molar-refractivity contribution in [1.29, 1.82) is 0 Å². The fourth-order valence-electron chi connectivity index (χ4n) is 2.46. The Balaban J connectivity index is 1.79. The number of aromatic nitrogens is 4. The topological polar surface area (TPSA) is 136 Å². The van der Waals surface area contributed by atoms with Gasteiger partial charge in [0.1, 0.15) is 5.82 Å². The number of carbonyl (C=O) groups excluding carboxylic acids is 1. The summed E-state index contributed by atoms with van der Waals surface area (Å²) in [5.74, 6) is 0.0897. The lowest BCUT2D eigenvalue weighted by atomic mass is 10.2. The van der Waals surface area contributed by atoms with Crippen LogP contribution in [0.1, 0.15) is 17.0 Å². The van der Waals surface area contributed by atoms with Crippen LogP contribution in [-0.4, -0.2) is 30.6 Å². The van der Waals surface area contributed by atoms with E-state index in [0.29, 0.717) is 22.8 Å². The number of aryl methyl sites for hydroxylation is 2. The Morgan fingerprint density at radius 1 is 1.21 bits per heavy atom. The summed E-state index contributed by atoms with van der Waals surface area (Å²) < 4.78 is 1.33. The number of nitro groups is 1. The minimum Gasteiger partial charge on any atom is -0.307 e. The molecule has 0 radical (unpaired) electrons. The number of hydrogen-bond acceptors (Lipinski definition) is 6. The van der Waals surface area contributed by atoms with Gasteiger partial charge in [-0.1, -0.05) is 0 Å². The Morgan fingerprint density at radius 2 is 1.93 bits per heavy atom. The third kappa shape index (κ3) is 4.36. The first kappa shape index (κ1) is 18.7. The van der Waals surface area contributed by atoms with Gasteiger partial charge in [-0.3, -0.25) is 24.7 Å². The number of amides is 1. The summed E-state index contributed by atoms with van der Waals surface area (Å²) in [5, 5.41) is 17.6. The summed E-state index contributed by atoms with van der Waals surface area (Å²) in [6.45, 7) is 3.42. The van der Waals surface area contributed by atoms with E-state index in [1.807, 2.05) is 0 Å². The van der Waals surface area contributed by atoms with Gasteiger partial charge in [0.2, 0.25) is 11.9 Å². The van der Waals surface area contributed by atoms with E-state index < -0.39 is 10.8 Å². The summed E-state index contributed by atoms with van der Waals surface area (Å²) in [6.07, 6.45) is 2.82. The van der Waals surface area contributed by atoms with E-state index in [1.54, 1.807) is 19.9 Å². The van der Waals surface area contributed by atoms with Gasteiger partial charge in [0.15, 0.2) is 0 Å². The van der Waals surface area contributed by atoms with Crippen molar-refractivity contribution in [3.8, 4) is 5.95 Å². The molecular weight excluding hydrogens is 364 g/mol. The van der Waals surface area contributed by atoms with E-state index in [1.165, 1.54) is 47.2 Å². The molecule has 0 aliphatic carbocycles. The highest BCUT2D eigenvalue weighted by Gasteiger charge is 2.12. The van der Waals surface area contributed by atoms with E-state index in [-0.39, 0.29) is 17.2 Å². The molecule has 10 nitrogen and oxygen atoms in total. The highest BCUT2D eigenvalue weighted by Crippen LogP contribution is 2.15. The first-order valence-electron chi connectivity index (χ1n) is 8.20. The molecule has 0 atom stereocenters. The summed E-state index contributed by atoms with van der Waals surface area (Å²) in [6, 6.07) is 8.78. The van der Waals surface area contributed by atoms with Crippen molar-refractivity contribution >= 4 is 23.5 Å². The van der Waals surface area contributed by atoms with Crippen LogP contribution in [0.4, 0.5) is 11.5 Å². The van der Waals surface area contributed by atoms with Crippen molar-refractivity contribution in [3.05, 3.63) is 79.9 Å². The molecule has 1 aromatic carbocycles. The molecule has 142 valence electrons. The second kappa shape index (κ2) is 7.66. The molecule has 0 saturated heterocycles. The van der Waals surface area contributed by atoms with Crippen LogP contribution in [0.5, 0.6) is 0 Å². The van der Waals surface area contributed by atoms with Crippen LogP contribution in [-0.2, 0) is 4.79 Å². The number of nitrogens with zero attached hydrogens (tertiary/aromatic N) is 4. The van der Waals surface area contributed by atoms with Gasteiger partial charge in [0.25, 0.3) is 11.2 Å². The van der Waals surface area contributed by atoms with Gasteiger partial charge < -0.3 is 5.32 Å². The van der Waals surface area contributed by atoms with Crippen molar-refractivity contribution in [3.63, 3.8) is 0 Å². The van der Waals surface area contributed by atoms with Gasteiger partial charge in [-0.25, -0.2) is 4.98 Å². The molecule has 0 aliphatic heterocycles. The monoisotopic (exact) mass is 380 g/mol. The normalized spacial score (nSPS) is 10.9. The van der Waals surface area contributed by atoms with Crippen LogP contribution < -0.4 is 10.9 Å². The molecule has 0 spiro atoms. The minimum atomic E-state index is -0.493. The molecule has 1 amide bonds. The van der Waals surface area contributed by atoms with Crippen LogP contribution in [0, 0.1) is 24.0 Å². The largest absolute Gasteiger partial charge is 0.307 e. The third-order valence-corrected chi connectivity index (χ3v) is 3.67. The maximum absolute atomic E-state index is 12.2. The van der Waals surface area contributed by atoms with Gasteiger partial charge in [0.05, 0.1) is 10.6 Å². The number of carbonyl (C=O) groups is 1. The van der Waals surface area contributed by atoms with Gasteiger partial charge in [-0.15, -0.1) is 0 Å². The van der Waals surface area contributed by atoms with E-state index in [9.17, 15) is 19.7 Å². The van der Waals surface area contributed by atoms with Gasteiger partial charge in [0, 0.05) is 36.0 Å². The molecule has 0 aliphatic rings. The van der Waals surface area contributed by atoms with Crippen LogP contribution in [0.25, 0.3) is 12.0 Å². The number of aromatic amines is 1. The standard InChI is InChI=1S/C18H16N6O4/c1-11-10-17(26)21-18(19-11)23-15(9-12(2)22-23)20-16(25)8-5-13-3-6-14(7-4-13)24(27)28/h3-10H,1-2H3,(H,20,25)(H,19,21,26). The highest BCUT2D eigenvalue weighted by molar-refractivity contribution is 6.01. The lowest BCUT2D eigenvalue weighted by Crippen LogP contribution is -2.17. The molecule has 3 aromatic rings. The second-order valence-corrected chi connectivity index (χ2v) is 5.96. The Bertz CT molecular complexity index is 1130. The van der Waals surface area contributed by atoms with Crippen molar-refractivity contribution in [2.45, 2.75) is 13.8 Å². The van der Waals surface area contributed by atoms with Crippen molar-refractivity contribution in [2.24, 2.45) is 0 Å². The fraction of sp³-hybridized carbons (Fsp3) is 0.111. The van der Waals surface area contributed by atoms with Gasteiger partial charge >= 0.3 is 0 Å². The zero-order chi connectivity index (χ0) is 20.3. The number of rotatable bonds is 5. The average molecular weight is 380 g/mol. The van der Waals surface area contributed by atoms with Gasteiger partial charge in [-0.05, 0) is 37.6 Å². The highest BCUT2D eigenvalue weighted by atomic mass is 16.6. The van der Waals surface area contributed by atoms with Crippen LogP contribution in [0.2, 0.25) is 0 Å². The zero-order valence-electron chi connectivity index (χ0n) is 15.0. The Labute approximate surface area is 158 Å². The predicted octanol–water partition coefficient (Wildman–Crippen LogP) is 2.13. The molecule has 2 heterocycles. The fourth-order valence-corrected chi connectivity index (χ4v) is 2.46. The summed E-state index contributed by atoms with van der Waals surface area (Å²) in [7, 11) is 0. The van der Waals surface area contributed by atoms with Crippen molar-refractivity contribution < 1.29 is 9.72 Å². The number of benzene rings is 1. The summed E-state index contributed by atoms with van der Waals surface area (Å²) >= 11 is 0. The minimum absolute atomic E-state index is 0.0272. The zero-order valence-corrected chi connectivity index (χ0v) is 15.0. The molecule has 28 heavy (non-hydrogen) atoms. The Morgan fingerprint density at radius 3 is 2.57 bits per heavy atom. The molecule has 3 rings (SSSR count). The summed E-state index contributed by atoms with van der Waals surface area (Å²) in [4.78, 5) is 40.9. The van der Waals surface area contributed by atoms with Crippen molar-refractivity contribution in [2.75, 3.05) is 5.32 Å². The number of nitrogens with one attached hydrogen (secondary N) is 2. The van der Waals surface area contributed by atoms with Gasteiger partial charge in [-0.2, -0.15) is 9.78 Å². The average Bonchev–Trinajstić information content (AvgIpc) is 2.99. The smallest absolute Gasteiger partial charge is 0.269 e. The first-order chi connectivity index (χ1) is 13.3. The van der Waals surface area contributed by atoms with Crippen LogP contribution in [0.15, 0.2) is 47.3 Å². The molecule has 0 bridgehead atoms. The molecule has 2 aromatic heterocycles. The quantitative estimate of drug-likeness (QED) is 0.395. The SMILES string of the molecule is Cc1cc(=O)[nH]c(-n2nc(C)cc2NC(=O)C=Cc2ccc([N+](=O)[O-])cc2)n1. The molecular formula is C18H16N6O4. The number of hydrogen-bond donors (Lipinski definition) is 2. The Hall–Kier alpha value is -4.08. The number of H-pyrrole nitrogens is 1. The van der Waals surface area contributed by atoms with E-state index in [4.69, 9.17) is 0 Å². The molecule has 10 heteroatoms. The van der Waals surface area contributed by atoms with E-state index >= 15 is 0 Å². The third-order valence-electron chi connectivity index (χ3n) is 3.67.